The van der Waals surface area contributed by atoms with E-state index in [4.69, 9.17) is 5.73 Å². The number of aliphatic hydroxyl groups is 1. The van der Waals surface area contributed by atoms with Gasteiger partial charge in [0, 0.05) is 19.3 Å². The second kappa shape index (κ2) is 4.37. The number of likely N-dealkylation sites (tertiary alicyclic amines) is 1. The quantitative estimate of drug-likeness (QED) is 0.749. The number of piperidine rings is 1. The minimum absolute atomic E-state index is 0.0342. The van der Waals surface area contributed by atoms with Crippen LogP contribution in [0.4, 0.5) is 5.82 Å². The SMILES string of the molecule is CC1(O)CCCN(C(=O)Cn2ccc(N)n2)C1. The number of nitrogen functional groups attached to an aromatic ring is 1. The zero-order chi connectivity index (χ0) is 12.5. The van der Waals surface area contributed by atoms with Crippen molar-refractivity contribution in [3.8, 4) is 0 Å². The van der Waals surface area contributed by atoms with Gasteiger partial charge in [-0.25, -0.2) is 0 Å². The molecule has 1 fully saturated rings. The molecule has 1 atom stereocenters. The first-order valence-corrected chi connectivity index (χ1v) is 5.75. The van der Waals surface area contributed by atoms with Gasteiger partial charge in [-0.05, 0) is 25.8 Å². The molecule has 0 saturated carbocycles. The van der Waals surface area contributed by atoms with Crippen molar-refractivity contribution in [3.05, 3.63) is 12.3 Å². The van der Waals surface area contributed by atoms with Gasteiger partial charge in [0.05, 0.1) is 5.60 Å². The van der Waals surface area contributed by atoms with Crippen LogP contribution >= 0.6 is 0 Å². The Kier molecular flexibility index (Phi) is 3.06. The van der Waals surface area contributed by atoms with Crippen LogP contribution in [-0.4, -0.2) is 44.4 Å². The van der Waals surface area contributed by atoms with E-state index in [1.807, 2.05) is 0 Å². The maximum Gasteiger partial charge on any atom is 0.244 e. The summed E-state index contributed by atoms with van der Waals surface area (Å²) in [6.45, 7) is 3.03. The summed E-state index contributed by atoms with van der Waals surface area (Å²) >= 11 is 0. The standard InChI is InChI=1S/C11H18N4O2/c1-11(17)4-2-5-14(8-11)10(16)7-15-6-3-9(12)13-15/h3,6,17H,2,4-5,7-8H2,1H3,(H2,12,13). The Morgan fingerprint density at radius 3 is 3.06 bits per heavy atom. The molecule has 0 aromatic carbocycles. The number of carbonyl (C=O) groups is 1. The number of nitrogens with two attached hydrogens (primary N) is 1. The van der Waals surface area contributed by atoms with Crippen LogP contribution in [0.1, 0.15) is 19.8 Å². The number of β-amino-alcohol motifs (C(OH)–C–C–N with tert-alkyl or cyclic N) is 1. The molecule has 0 spiro atoms. The van der Waals surface area contributed by atoms with E-state index in [1.165, 1.54) is 4.68 Å². The van der Waals surface area contributed by atoms with Crippen molar-refractivity contribution in [2.24, 2.45) is 0 Å². The molecular formula is C11H18N4O2. The zero-order valence-electron chi connectivity index (χ0n) is 9.96. The van der Waals surface area contributed by atoms with Gasteiger partial charge >= 0.3 is 0 Å². The summed E-state index contributed by atoms with van der Waals surface area (Å²) in [5, 5.41) is 13.9. The number of amides is 1. The Morgan fingerprint density at radius 2 is 2.47 bits per heavy atom. The predicted molar refractivity (Wildman–Crippen MR) is 63.1 cm³/mol. The molecule has 1 amide bonds. The molecule has 3 N–H and O–H groups in total. The van der Waals surface area contributed by atoms with Gasteiger partial charge in [-0.3, -0.25) is 9.48 Å². The molecule has 94 valence electrons. The molecule has 2 heterocycles. The fraction of sp³-hybridized carbons (Fsp3) is 0.636. The van der Waals surface area contributed by atoms with Crippen molar-refractivity contribution in [1.82, 2.24) is 14.7 Å². The molecule has 1 aromatic heterocycles. The average Bonchev–Trinajstić information content (AvgIpc) is 2.62. The van der Waals surface area contributed by atoms with Crippen molar-refractivity contribution >= 4 is 11.7 Å². The Labute approximate surface area is 100 Å². The highest BCUT2D eigenvalue weighted by molar-refractivity contribution is 5.76. The van der Waals surface area contributed by atoms with E-state index in [0.717, 1.165) is 12.8 Å². The Balaban J connectivity index is 1.96. The molecule has 0 aliphatic carbocycles. The van der Waals surface area contributed by atoms with Crippen LogP contribution in [0, 0.1) is 0 Å². The maximum atomic E-state index is 12.0. The van der Waals surface area contributed by atoms with Gasteiger partial charge in [0.1, 0.15) is 12.4 Å². The topological polar surface area (TPSA) is 84.4 Å². The van der Waals surface area contributed by atoms with Crippen LogP contribution in [0.2, 0.25) is 0 Å². The Morgan fingerprint density at radius 1 is 1.71 bits per heavy atom. The highest BCUT2D eigenvalue weighted by atomic mass is 16.3. The van der Waals surface area contributed by atoms with E-state index in [2.05, 4.69) is 5.10 Å². The highest BCUT2D eigenvalue weighted by Crippen LogP contribution is 2.20. The number of anilines is 1. The van der Waals surface area contributed by atoms with Crippen molar-refractivity contribution in [2.75, 3.05) is 18.8 Å². The third-order valence-corrected chi connectivity index (χ3v) is 2.99. The van der Waals surface area contributed by atoms with E-state index < -0.39 is 5.60 Å². The van der Waals surface area contributed by atoms with Gasteiger partial charge in [0.15, 0.2) is 0 Å². The summed E-state index contributed by atoms with van der Waals surface area (Å²) in [5.41, 5.74) is 4.71. The lowest BCUT2D eigenvalue weighted by atomic mass is 9.95. The lowest BCUT2D eigenvalue weighted by molar-refractivity contribution is -0.138. The number of hydrogen-bond donors (Lipinski definition) is 2. The fourth-order valence-electron chi connectivity index (χ4n) is 2.14. The molecule has 2 rings (SSSR count). The average molecular weight is 238 g/mol. The Bertz CT molecular complexity index is 413. The number of nitrogens with zero attached hydrogens (tertiary/aromatic N) is 3. The first-order chi connectivity index (χ1) is 7.96. The second-order valence-corrected chi connectivity index (χ2v) is 4.85. The summed E-state index contributed by atoms with van der Waals surface area (Å²) in [7, 11) is 0. The second-order valence-electron chi connectivity index (χ2n) is 4.85. The molecule has 17 heavy (non-hydrogen) atoms. The highest BCUT2D eigenvalue weighted by Gasteiger charge is 2.30. The van der Waals surface area contributed by atoms with Crippen molar-refractivity contribution in [3.63, 3.8) is 0 Å². The smallest absolute Gasteiger partial charge is 0.244 e. The summed E-state index contributed by atoms with van der Waals surface area (Å²) in [4.78, 5) is 13.7. The first-order valence-electron chi connectivity index (χ1n) is 5.75. The number of hydrogen-bond acceptors (Lipinski definition) is 4. The summed E-state index contributed by atoms with van der Waals surface area (Å²) in [6, 6.07) is 1.65. The van der Waals surface area contributed by atoms with Crippen molar-refractivity contribution < 1.29 is 9.90 Å². The Hall–Kier alpha value is -1.56. The first kappa shape index (κ1) is 11.9. The van der Waals surface area contributed by atoms with Gasteiger partial charge in [0.2, 0.25) is 5.91 Å². The molecular weight excluding hydrogens is 220 g/mol. The number of aromatic nitrogens is 2. The largest absolute Gasteiger partial charge is 0.388 e. The zero-order valence-corrected chi connectivity index (χ0v) is 9.96. The monoisotopic (exact) mass is 238 g/mol. The van der Waals surface area contributed by atoms with E-state index in [0.29, 0.717) is 18.9 Å². The van der Waals surface area contributed by atoms with E-state index in [1.54, 1.807) is 24.1 Å². The van der Waals surface area contributed by atoms with Crippen LogP contribution < -0.4 is 5.73 Å². The minimum Gasteiger partial charge on any atom is -0.388 e. The third kappa shape index (κ3) is 2.97. The van der Waals surface area contributed by atoms with Crippen LogP contribution in [-0.2, 0) is 11.3 Å². The lowest BCUT2D eigenvalue weighted by Gasteiger charge is -2.36. The van der Waals surface area contributed by atoms with E-state index in [9.17, 15) is 9.90 Å². The molecule has 6 heteroatoms. The molecule has 1 aromatic rings. The van der Waals surface area contributed by atoms with Gasteiger partial charge in [0.25, 0.3) is 0 Å². The number of carbonyl (C=O) groups excluding carboxylic acids is 1. The molecule has 0 radical (unpaired) electrons. The third-order valence-electron chi connectivity index (χ3n) is 2.99. The van der Waals surface area contributed by atoms with E-state index >= 15 is 0 Å². The lowest BCUT2D eigenvalue weighted by Crippen LogP contribution is -2.49. The summed E-state index contributed by atoms with van der Waals surface area (Å²) in [5.74, 6) is 0.372. The minimum atomic E-state index is -0.767. The van der Waals surface area contributed by atoms with Gasteiger partial charge in [-0.15, -0.1) is 0 Å². The van der Waals surface area contributed by atoms with Gasteiger partial charge < -0.3 is 15.7 Å². The molecule has 1 aliphatic rings. The number of rotatable bonds is 2. The fourth-order valence-corrected chi connectivity index (χ4v) is 2.14. The summed E-state index contributed by atoms with van der Waals surface area (Å²) in [6.07, 6.45) is 3.25. The van der Waals surface area contributed by atoms with Crippen molar-refractivity contribution in [2.45, 2.75) is 31.9 Å². The maximum absolute atomic E-state index is 12.0. The van der Waals surface area contributed by atoms with Crippen LogP contribution in [0.25, 0.3) is 0 Å². The van der Waals surface area contributed by atoms with E-state index in [-0.39, 0.29) is 12.5 Å². The van der Waals surface area contributed by atoms with Crippen LogP contribution in [0.3, 0.4) is 0 Å². The molecule has 0 bridgehead atoms. The van der Waals surface area contributed by atoms with Crippen molar-refractivity contribution in [1.29, 1.82) is 0 Å². The normalized spacial score (nSPS) is 24.9. The molecule has 6 nitrogen and oxygen atoms in total. The predicted octanol–water partition coefficient (Wildman–Crippen LogP) is -0.161. The molecule has 1 aliphatic heterocycles. The molecule has 1 unspecified atom stereocenters. The van der Waals surface area contributed by atoms with Crippen LogP contribution in [0.15, 0.2) is 12.3 Å². The molecule has 1 saturated heterocycles. The van der Waals surface area contributed by atoms with Crippen LogP contribution in [0.5, 0.6) is 0 Å². The van der Waals surface area contributed by atoms with Gasteiger partial charge in [-0.2, -0.15) is 5.10 Å². The van der Waals surface area contributed by atoms with Gasteiger partial charge in [-0.1, -0.05) is 0 Å². The summed E-state index contributed by atoms with van der Waals surface area (Å²) < 4.78 is 1.51.